The summed E-state index contributed by atoms with van der Waals surface area (Å²) in [6.45, 7) is 4.09. The zero-order chi connectivity index (χ0) is 44.1. The monoisotopic (exact) mass is 871 g/mol. The maximum Gasteiger partial charge on any atom is 0.472 e. The molecule has 0 heterocycles. The third-order valence-electron chi connectivity index (χ3n) is 10.4. The molecule has 0 bridgehead atoms. The van der Waals surface area contributed by atoms with Crippen LogP contribution in [0.15, 0.2) is 60.8 Å². The molecule has 0 aliphatic heterocycles. The fraction of sp³-hybridized carbons (Fsp3) is 0.766. The molecule has 60 heavy (non-hydrogen) atoms. The standard InChI is InChI=1S/C47H83O12P/c1-3-5-7-9-11-13-15-17-19-20-21-22-23-24-26-28-30-32-34-36-41(48)58-40(38-56-37-35-33-31-29-27-25-18-16-14-12-10-8-6-4-2)39-57-60(54,55)59-47-45(52)43(50)42(49)44(51)46(47)53/h5,7,11,13-14,16-17,19,21-22,40,42-47,49-53H,3-4,6,8-10,12,15,18,20,23-39H2,1-2H3,(H,54,55)/b7-5-,13-11-,16-14-,19-17-,22-21-. The van der Waals surface area contributed by atoms with E-state index in [2.05, 4.69) is 74.6 Å². The number of rotatable bonds is 38. The lowest BCUT2D eigenvalue weighted by atomic mass is 9.85. The van der Waals surface area contributed by atoms with Gasteiger partial charge in [-0.2, -0.15) is 0 Å². The molecule has 348 valence electrons. The first-order valence-corrected chi connectivity index (χ1v) is 24.6. The van der Waals surface area contributed by atoms with Gasteiger partial charge in [0.15, 0.2) is 0 Å². The average Bonchev–Trinajstić information content (AvgIpc) is 3.23. The fourth-order valence-corrected chi connectivity index (χ4v) is 7.67. The summed E-state index contributed by atoms with van der Waals surface area (Å²) in [6.07, 6.45) is 34.2. The molecule has 6 unspecified atom stereocenters. The molecule has 0 saturated heterocycles. The molecule has 13 heteroatoms. The molecule has 6 N–H and O–H groups in total. The molecule has 1 fully saturated rings. The Hall–Kier alpha value is -1.96. The highest BCUT2D eigenvalue weighted by molar-refractivity contribution is 7.47. The summed E-state index contributed by atoms with van der Waals surface area (Å²) in [6, 6.07) is 0. The number of hydrogen-bond donors (Lipinski definition) is 6. The summed E-state index contributed by atoms with van der Waals surface area (Å²) in [7, 11) is -5.03. The lowest BCUT2D eigenvalue weighted by Crippen LogP contribution is -2.64. The summed E-state index contributed by atoms with van der Waals surface area (Å²) < 4.78 is 34.2. The Morgan fingerprint density at radius 1 is 0.550 bits per heavy atom. The Balaban J connectivity index is 2.41. The second kappa shape index (κ2) is 37.6. The van der Waals surface area contributed by atoms with E-state index < -0.39 is 63.1 Å². The van der Waals surface area contributed by atoms with Gasteiger partial charge in [0, 0.05) is 13.0 Å². The number of unbranched alkanes of at least 4 members (excludes halogenated alkanes) is 16. The fourth-order valence-electron chi connectivity index (χ4n) is 6.69. The van der Waals surface area contributed by atoms with Gasteiger partial charge in [0.05, 0.1) is 13.2 Å². The Kier molecular flexibility index (Phi) is 35.1. The van der Waals surface area contributed by atoms with E-state index in [1.807, 2.05) is 0 Å². The van der Waals surface area contributed by atoms with E-state index in [0.717, 1.165) is 96.3 Å². The van der Waals surface area contributed by atoms with Crippen LogP contribution >= 0.6 is 7.82 Å². The number of aliphatic hydroxyl groups is 5. The van der Waals surface area contributed by atoms with Crippen LogP contribution in [-0.2, 0) is 27.9 Å². The van der Waals surface area contributed by atoms with Crippen molar-refractivity contribution < 1.29 is 58.3 Å². The Morgan fingerprint density at radius 3 is 1.52 bits per heavy atom. The summed E-state index contributed by atoms with van der Waals surface area (Å²) in [5.41, 5.74) is 0. The maximum absolute atomic E-state index is 12.8. The highest BCUT2D eigenvalue weighted by Gasteiger charge is 2.51. The second-order valence-corrected chi connectivity index (χ2v) is 17.3. The number of phosphoric ester groups is 1. The van der Waals surface area contributed by atoms with Crippen LogP contribution in [0, 0.1) is 0 Å². The van der Waals surface area contributed by atoms with Gasteiger partial charge in [-0.3, -0.25) is 13.8 Å². The predicted molar refractivity (Wildman–Crippen MR) is 239 cm³/mol. The third kappa shape index (κ3) is 29.4. The predicted octanol–water partition coefficient (Wildman–Crippen LogP) is 9.42. The Morgan fingerprint density at radius 2 is 0.983 bits per heavy atom. The summed E-state index contributed by atoms with van der Waals surface area (Å²) in [5, 5.41) is 50.2. The zero-order valence-corrected chi connectivity index (χ0v) is 37.9. The van der Waals surface area contributed by atoms with Crippen LogP contribution in [0.5, 0.6) is 0 Å². The smallest absolute Gasteiger partial charge is 0.457 e. The summed E-state index contributed by atoms with van der Waals surface area (Å²) in [5.74, 6) is -0.495. The van der Waals surface area contributed by atoms with Crippen LogP contribution in [0.25, 0.3) is 0 Å². The van der Waals surface area contributed by atoms with Gasteiger partial charge in [-0.05, 0) is 77.0 Å². The molecular formula is C47H83O12P. The van der Waals surface area contributed by atoms with Gasteiger partial charge < -0.3 is 39.9 Å². The number of carbonyl (C=O) groups is 1. The van der Waals surface area contributed by atoms with E-state index in [4.69, 9.17) is 18.5 Å². The Bertz CT molecular complexity index is 1220. The number of ether oxygens (including phenoxy) is 2. The van der Waals surface area contributed by atoms with Gasteiger partial charge in [-0.15, -0.1) is 0 Å². The van der Waals surface area contributed by atoms with E-state index >= 15 is 0 Å². The molecule has 0 spiro atoms. The van der Waals surface area contributed by atoms with E-state index in [-0.39, 0.29) is 13.0 Å². The molecule has 0 amide bonds. The first-order valence-electron chi connectivity index (χ1n) is 23.1. The molecule has 1 saturated carbocycles. The number of esters is 1. The van der Waals surface area contributed by atoms with Crippen molar-refractivity contribution in [3.63, 3.8) is 0 Å². The van der Waals surface area contributed by atoms with Crippen LogP contribution in [0.1, 0.15) is 168 Å². The van der Waals surface area contributed by atoms with Crippen LogP contribution in [0.2, 0.25) is 0 Å². The molecule has 0 aromatic rings. The van der Waals surface area contributed by atoms with Crippen molar-refractivity contribution in [3.8, 4) is 0 Å². The van der Waals surface area contributed by atoms with Crippen LogP contribution < -0.4 is 0 Å². The maximum atomic E-state index is 12.8. The largest absolute Gasteiger partial charge is 0.472 e. The van der Waals surface area contributed by atoms with E-state index in [0.29, 0.717) is 13.0 Å². The van der Waals surface area contributed by atoms with Gasteiger partial charge in [0.25, 0.3) is 0 Å². The topological polar surface area (TPSA) is 192 Å². The number of aliphatic hydroxyl groups excluding tert-OH is 5. The highest BCUT2D eigenvalue weighted by atomic mass is 31.2. The first kappa shape index (κ1) is 56.1. The summed E-state index contributed by atoms with van der Waals surface area (Å²) in [4.78, 5) is 23.2. The van der Waals surface area contributed by atoms with Gasteiger partial charge in [-0.1, -0.05) is 145 Å². The minimum Gasteiger partial charge on any atom is -0.457 e. The van der Waals surface area contributed by atoms with Crippen molar-refractivity contribution in [2.45, 2.75) is 211 Å². The molecule has 0 aromatic heterocycles. The third-order valence-corrected chi connectivity index (χ3v) is 11.4. The SMILES string of the molecule is CC/C=C\C/C=C\C/C=C\C/C=C\CCCCCCCCC(=O)OC(COCCCCCCCC/C=C\CCCCCC)COP(=O)(O)OC1C(O)C(O)C(O)C(O)C1O. The first-order chi connectivity index (χ1) is 29.0. The normalized spacial score (nSPS) is 22.9. The van der Waals surface area contributed by atoms with Crippen LogP contribution in [0.4, 0.5) is 0 Å². The minimum absolute atomic E-state index is 0.0892. The quantitative estimate of drug-likeness (QED) is 0.0149. The van der Waals surface area contributed by atoms with Gasteiger partial charge in [-0.25, -0.2) is 4.57 Å². The van der Waals surface area contributed by atoms with Gasteiger partial charge in [0.1, 0.15) is 42.7 Å². The number of carbonyl (C=O) groups excluding carboxylic acids is 1. The Labute approximate surface area is 362 Å². The van der Waals surface area contributed by atoms with Gasteiger partial charge in [0.2, 0.25) is 0 Å². The molecule has 1 rings (SSSR count). The minimum atomic E-state index is -5.03. The van der Waals surface area contributed by atoms with E-state index in [1.54, 1.807) is 0 Å². The molecular weight excluding hydrogens is 787 g/mol. The second-order valence-electron chi connectivity index (χ2n) is 15.9. The number of phosphoric acid groups is 1. The van der Waals surface area contributed by atoms with Crippen molar-refractivity contribution >= 4 is 13.8 Å². The van der Waals surface area contributed by atoms with Crippen molar-refractivity contribution in [2.75, 3.05) is 19.8 Å². The van der Waals surface area contributed by atoms with Crippen molar-refractivity contribution in [1.82, 2.24) is 0 Å². The molecule has 6 atom stereocenters. The molecule has 12 nitrogen and oxygen atoms in total. The lowest BCUT2D eigenvalue weighted by molar-refractivity contribution is -0.220. The number of hydrogen-bond acceptors (Lipinski definition) is 11. The average molecular weight is 871 g/mol. The van der Waals surface area contributed by atoms with Gasteiger partial charge >= 0.3 is 13.8 Å². The van der Waals surface area contributed by atoms with Crippen LogP contribution in [-0.4, -0.2) is 98.9 Å². The van der Waals surface area contributed by atoms with Crippen LogP contribution in [0.3, 0.4) is 0 Å². The molecule has 0 radical (unpaired) electrons. The number of allylic oxidation sites excluding steroid dienone is 10. The van der Waals surface area contributed by atoms with Crippen molar-refractivity contribution in [3.05, 3.63) is 60.8 Å². The zero-order valence-electron chi connectivity index (χ0n) is 37.0. The summed E-state index contributed by atoms with van der Waals surface area (Å²) >= 11 is 0. The lowest BCUT2D eigenvalue weighted by Gasteiger charge is -2.41. The van der Waals surface area contributed by atoms with E-state index in [9.17, 15) is 39.8 Å². The van der Waals surface area contributed by atoms with Crippen molar-refractivity contribution in [1.29, 1.82) is 0 Å². The molecule has 0 aromatic carbocycles. The van der Waals surface area contributed by atoms with Crippen molar-refractivity contribution in [2.24, 2.45) is 0 Å². The van der Waals surface area contributed by atoms with E-state index in [1.165, 1.54) is 44.9 Å². The molecule has 1 aliphatic carbocycles. The molecule has 1 aliphatic rings. The highest BCUT2D eigenvalue weighted by Crippen LogP contribution is 2.47.